The summed E-state index contributed by atoms with van der Waals surface area (Å²) in [7, 11) is 0. The van der Waals surface area contributed by atoms with Crippen LogP contribution in [0.2, 0.25) is 0 Å². The van der Waals surface area contributed by atoms with Gasteiger partial charge in [0.1, 0.15) is 0 Å². The highest BCUT2D eigenvalue weighted by atomic mass is 16.4. The minimum atomic E-state index is -1.02. The van der Waals surface area contributed by atoms with Crippen LogP contribution in [0, 0.1) is 23.7 Å². The van der Waals surface area contributed by atoms with Gasteiger partial charge < -0.3 is 10.4 Å². The van der Waals surface area contributed by atoms with E-state index in [1.165, 1.54) is 0 Å². The third-order valence-corrected chi connectivity index (χ3v) is 3.11. The fourth-order valence-corrected chi connectivity index (χ4v) is 1.34. The molecule has 0 aromatic heterocycles. The first-order valence-corrected chi connectivity index (χ1v) is 5.78. The largest absolute Gasteiger partial charge is 0.481 e. The van der Waals surface area contributed by atoms with Crippen molar-refractivity contribution in [2.24, 2.45) is 11.3 Å². The van der Waals surface area contributed by atoms with E-state index in [9.17, 15) is 9.59 Å². The molecule has 1 atom stereocenters. The van der Waals surface area contributed by atoms with Crippen molar-refractivity contribution in [3.05, 3.63) is 0 Å². The third kappa shape index (κ3) is 4.90. The number of amides is 1. The highest BCUT2D eigenvalue weighted by molar-refractivity contribution is 5.84. The van der Waals surface area contributed by atoms with Gasteiger partial charge in [-0.05, 0) is 19.3 Å². The molecule has 0 rings (SSSR count). The maximum Gasteiger partial charge on any atom is 0.310 e. The van der Waals surface area contributed by atoms with Crippen molar-refractivity contribution in [3.8, 4) is 12.3 Å². The molecular formula is C13H21NO3. The van der Waals surface area contributed by atoms with Crippen LogP contribution in [0.15, 0.2) is 0 Å². The number of unbranched alkanes of at least 4 members (excludes halogenated alkanes) is 1. The summed E-state index contributed by atoms with van der Waals surface area (Å²) in [6.07, 6.45) is 6.41. The quantitative estimate of drug-likeness (QED) is 0.524. The van der Waals surface area contributed by atoms with E-state index in [1.54, 1.807) is 20.8 Å². The van der Waals surface area contributed by atoms with Crippen molar-refractivity contribution in [1.82, 2.24) is 5.32 Å². The minimum absolute atomic E-state index is 0.00392. The van der Waals surface area contributed by atoms with Crippen LogP contribution in [0.25, 0.3) is 0 Å². The Morgan fingerprint density at radius 2 is 2.06 bits per heavy atom. The second-order valence-electron chi connectivity index (χ2n) is 4.71. The van der Waals surface area contributed by atoms with Crippen LogP contribution in [0.4, 0.5) is 0 Å². The SMILES string of the molecule is C#CCCCNC(=O)CC(C)(C(=O)O)C(C)C. The molecule has 1 unspecified atom stereocenters. The number of hydrogen-bond donors (Lipinski definition) is 2. The van der Waals surface area contributed by atoms with E-state index in [-0.39, 0.29) is 18.2 Å². The van der Waals surface area contributed by atoms with Crippen molar-refractivity contribution in [1.29, 1.82) is 0 Å². The number of terminal acetylenes is 1. The lowest BCUT2D eigenvalue weighted by Gasteiger charge is -2.28. The zero-order chi connectivity index (χ0) is 13.5. The Balaban J connectivity index is 4.25. The molecule has 0 spiro atoms. The molecule has 4 heteroatoms. The summed E-state index contributed by atoms with van der Waals surface area (Å²) in [6.45, 7) is 5.71. The van der Waals surface area contributed by atoms with Gasteiger partial charge in [-0.15, -0.1) is 12.3 Å². The summed E-state index contributed by atoms with van der Waals surface area (Å²) in [4.78, 5) is 22.8. The van der Waals surface area contributed by atoms with Crippen LogP contribution < -0.4 is 5.32 Å². The molecule has 0 bridgehead atoms. The van der Waals surface area contributed by atoms with Gasteiger partial charge in [-0.3, -0.25) is 9.59 Å². The molecule has 2 N–H and O–H groups in total. The Labute approximate surface area is 103 Å². The molecule has 0 aliphatic carbocycles. The number of carbonyl (C=O) groups is 2. The summed E-state index contributed by atoms with van der Waals surface area (Å²) < 4.78 is 0. The zero-order valence-corrected chi connectivity index (χ0v) is 10.7. The second-order valence-corrected chi connectivity index (χ2v) is 4.71. The first-order chi connectivity index (χ1) is 7.84. The van der Waals surface area contributed by atoms with Gasteiger partial charge in [0.25, 0.3) is 0 Å². The van der Waals surface area contributed by atoms with Gasteiger partial charge in [-0.1, -0.05) is 13.8 Å². The van der Waals surface area contributed by atoms with E-state index in [0.717, 1.165) is 0 Å². The van der Waals surface area contributed by atoms with Gasteiger partial charge in [0.15, 0.2) is 0 Å². The van der Waals surface area contributed by atoms with E-state index in [2.05, 4.69) is 11.2 Å². The van der Waals surface area contributed by atoms with E-state index in [0.29, 0.717) is 19.4 Å². The van der Waals surface area contributed by atoms with Gasteiger partial charge in [-0.2, -0.15) is 0 Å². The minimum Gasteiger partial charge on any atom is -0.481 e. The summed E-state index contributed by atoms with van der Waals surface area (Å²) in [5.41, 5.74) is -1.02. The maximum atomic E-state index is 11.6. The Morgan fingerprint density at radius 1 is 1.47 bits per heavy atom. The van der Waals surface area contributed by atoms with E-state index in [1.807, 2.05) is 0 Å². The molecule has 1 amide bonds. The van der Waals surface area contributed by atoms with Gasteiger partial charge in [-0.25, -0.2) is 0 Å². The molecule has 0 aromatic carbocycles. The number of carbonyl (C=O) groups excluding carboxylic acids is 1. The lowest BCUT2D eigenvalue weighted by molar-refractivity contribution is -0.153. The van der Waals surface area contributed by atoms with Crippen LogP contribution in [0.5, 0.6) is 0 Å². The number of carboxylic acid groups (broad SMARTS) is 1. The highest BCUT2D eigenvalue weighted by Gasteiger charge is 2.38. The van der Waals surface area contributed by atoms with Crippen LogP contribution in [-0.2, 0) is 9.59 Å². The van der Waals surface area contributed by atoms with Gasteiger partial charge in [0.2, 0.25) is 5.91 Å². The molecule has 96 valence electrons. The summed E-state index contributed by atoms with van der Waals surface area (Å²) in [6, 6.07) is 0. The van der Waals surface area contributed by atoms with Gasteiger partial charge in [0.05, 0.1) is 5.41 Å². The number of nitrogens with one attached hydrogen (secondary N) is 1. The predicted octanol–water partition coefficient (Wildman–Crippen LogP) is 1.65. The first kappa shape index (κ1) is 15.5. The standard InChI is InChI=1S/C13H21NO3/c1-5-6-7-8-14-11(15)9-13(4,10(2)3)12(16)17/h1,10H,6-9H2,2-4H3,(H,14,15)(H,16,17). The monoisotopic (exact) mass is 239 g/mol. The molecule has 0 saturated heterocycles. The summed E-state index contributed by atoms with van der Waals surface area (Å²) in [5, 5.41) is 11.8. The molecule has 0 aliphatic heterocycles. The lowest BCUT2D eigenvalue weighted by Crippen LogP contribution is -2.39. The fraction of sp³-hybridized carbons (Fsp3) is 0.692. The third-order valence-electron chi connectivity index (χ3n) is 3.11. The maximum absolute atomic E-state index is 11.6. The number of rotatable bonds is 7. The summed E-state index contributed by atoms with van der Waals surface area (Å²) in [5.74, 6) is 1.21. The number of carboxylic acids is 1. The number of hydrogen-bond acceptors (Lipinski definition) is 2. The van der Waals surface area contributed by atoms with Crippen molar-refractivity contribution in [3.63, 3.8) is 0 Å². The predicted molar refractivity (Wildman–Crippen MR) is 66.3 cm³/mol. The first-order valence-electron chi connectivity index (χ1n) is 5.78. The lowest BCUT2D eigenvalue weighted by atomic mass is 9.76. The normalized spacial score (nSPS) is 13.8. The molecule has 0 saturated carbocycles. The molecule has 0 radical (unpaired) electrons. The van der Waals surface area contributed by atoms with Crippen molar-refractivity contribution < 1.29 is 14.7 Å². The van der Waals surface area contributed by atoms with Gasteiger partial charge >= 0.3 is 5.97 Å². The Hall–Kier alpha value is -1.50. The van der Waals surface area contributed by atoms with E-state index >= 15 is 0 Å². The van der Waals surface area contributed by atoms with Crippen LogP contribution in [0.1, 0.15) is 40.0 Å². The molecular weight excluding hydrogens is 218 g/mol. The molecule has 4 nitrogen and oxygen atoms in total. The average Bonchev–Trinajstić information content (AvgIpc) is 2.23. The molecule has 17 heavy (non-hydrogen) atoms. The van der Waals surface area contributed by atoms with Crippen LogP contribution in [-0.4, -0.2) is 23.5 Å². The van der Waals surface area contributed by atoms with Crippen molar-refractivity contribution >= 4 is 11.9 Å². The average molecular weight is 239 g/mol. The van der Waals surface area contributed by atoms with E-state index < -0.39 is 11.4 Å². The Kier molecular flexibility index (Phi) is 6.34. The fourth-order valence-electron chi connectivity index (χ4n) is 1.34. The topological polar surface area (TPSA) is 66.4 Å². The van der Waals surface area contributed by atoms with Crippen LogP contribution >= 0.6 is 0 Å². The molecule has 0 aromatic rings. The smallest absolute Gasteiger partial charge is 0.310 e. The molecule has 0 fully saturated rings. The number of aliphatic carboxylic acids is 1. The van der Waals surface area contributed by atoms with Crippen LogP contribution in [0.3, 0.4) is 0 Å². The Morgan fingerprint density at radius 3 is 2.47 bits per heavy atom. The summed E-state index contributed by atoms with van der Waals surface area (Å²) >= 11 is 0. The molecule has 0 heterocycles. The molecule has 0 aliphatic rings. The van der Waals surface area contributed by atoms with Gasteiger partial charge in [0, 0.05) is 19.4 Å². The second kappa shape index (κ2) is 6.95. The Bertz CT molecular complexity index is 317. The van der Waals surface area contributed by atoms with E-state index in [4.69, 9.17) is 11.5 Å². The van der Waals surface area contributed by atoms with Crippen molar-refractivity contribution in [2.45, 2.75) is 40.0 Å². The zero-order valence-electron chi connectivity index (χ0n) is 10.7. The highest BCUT2D eigenvalue weighted by Crippen LogP contribution is 2.31. The van der Waals surface area contributed by atoms with Crippen molar-refractivity contribution in [2.75, 3.05) is 6.54 Å².